The summed E-state index contributed by atoms with van der Waals surface area (Å²) in [6.45, 7) is 5.21. The van der Waals surface area contributed by atoms with Gasteiger partial charge in [-0.3, -0.25) is 4.79 Å². The molecule has 3 heterocycles. The number of H-pyrrole nitrogens is 1. The van der Waals surface area contributed by atoms with Crippen LogP contribution >= 0.6 is 0 Å². The highest BCUT2D eigenvalue weighted by Crippen LogP contribution is 2.30. The van der Waals surface area contributed by atoms with Crippen molar-refractivity contribution in [3.8, 4) is 0 Å². The number of hydrogen-bond acceptors (Lipinski definition) is 4. The van der Waals surface area contributed by atoms with Gasteiger partial charge in [-0.2, -0.15) is 0 Å². The minimum absolute atomic E-state index is 0.0874. The topological polar surface area (TPSA) is 75.0 Å². The van der Waals surface area contributed by atoms with Gasteiger partial charge in [0.15, 0.2) is 5.69 Å². The molecule has 1 unspecified atom stereocenters. The first-order chi connectivity index (χ1) is 13.1. The minimum atomic E-state index is -0.0874. The first-order valence-corrected chi connectivity index (χ1v) is 9.43. The SMILES string of the molecule is CC(C)c1cc(C(=O)N2Cc3[nH]cnc3C(CCc3ccccc3)C2)no1. The molecule has 0 fully saturated rings. The van der Waals surface area contributed by atoms with Gasteiger partial charge in [0.05, 0.1) is 24.3 Å². The van der Waals surface area contributed by atoms with Crippen molar-refractivity contribution in [2.45, 2.75) is 45.1 Å². The summed E-state index contributed by atoms with van der Waals surface area (Å²) in [5, 5.41) is 3.98. The van der Waals surface area contributed by atoms with Crippen molar-refractivity contribution < 1.29 is 9.32 Å². The van der Waals surface area contributed by atoms with Crippen LogP contribution in [0.5, 0.6) is 0 Å². The van der Waals surface area contributed by atoms with E-state index in [0.29, 0.717) is 18.8 Å². The first kappa shape index (κ1) is 17.5. The van der Waals surface area contributed by atoms with Crippen LogP contribution in [0.2, 0.25) is 0 Å². The lowest BCUT2D eigenvalue weighted by Gasteiger charge is -2.31. The number of aromatic amines is 1. The average molecular weight is 364 g/mol. The fourth-order valence-corrected chi connectivity index (χ4v) is 3.61. The molecule has 27 heavy (non-hydrogen) atoms. The summed E-state index contributed by atoms with van der Waals surface area (Å²) < 4.78 is 5.31. The summed E-state index contributed by atoms with van der Waals surface area (Å²) in [6, 6.07) is 12.2. The molecule has 1 aromatic carbocycles. The molecule has 4 rings (SSSR count). The molecule has 0 spiro atoms. The molecule has 0 radical (unpaired) electrons. The number of rotatable bonds is 5. The molecule has 0 saturated carbocycles. The van der Waals surface area contributed by atoms with Gasteiger partial charge in [-0.1, -0.05) is 49.3 Å². The molecular formula is C21H24N4O2. The van der Waals surface area contributed by atoms with Crippen molar-refractivity contribution in [2.24, 2.45) is 0 Å². The van der Waals surface area contributed by atoms with E-state index >= 15 is 0 Å². The van der Waals surface area contributed by atoms with Gasteiger partial charge in [-0.25, -0.2) is 4.98 Å². The van der Waals surface area contributed by atoms with Crippen molar-refractivity contribution in [2.75, 3.05) is 6.54 Å². The van der Waals surface area contributed by atoms with Crippen LogP contribution in [-0.2, 0) is 13.0 Å². The van der Waals surface area contributed by atoms with Gasteiger partial charge in [0, 0.05) is 24.4 Å². The van der Waals surface area contributed by atoms with Crippen LogP contribution in [-0.4, -0.2) is 32.5 Å². The van der Waals surface area contributed by atoms with Crippen molar-refractivity contribution in [1.82, 2.24) is 20.0 Å². The number of amides is 1. The largest absolute Gasteiger partial charge is 0.360 e. The van der Waals surface area contributed by atoms with E-state index in [0.717, 1.165) is 30.0 Å². The number of imidazole rings is 1. The molecule has 3 aromatic rings. The molecule has 6 nitrogen and oxygen atoms in total. The predicted octanol–water partition coefficient (Wildman–Crippen LogP) is 3.89. The highest BCUT2D eigenvalue weighted by atomic mass is 16.5. The van der Waals surface area contributed by atoms with E-state index in [2.05, 4.69) is 39.4 Å². The third-order valence-electron chi connectivity index (χ3n) is 5.16. The Kier molecular flexibility index (Phi) is 4.79. The maximum Gasteiger partial charge on any atom is 0.276 e. The predicted molar refractivity (Wildman–Crippen MR) is 101 cm³/mol. The van der Waals surface area contributed by atoms with Crippen molar-refractivity contribution in [1.29, 1.82) is 0 Å². The molecule has 1 amide bonds. The second-order valence-corrected chi connectivity index (χ2v) is 7.44. The summed E-state index contributed by atoms with van der Waals surface area (Å²) in [7, 11) is 0. The van der Waals surface area contributed by atoms with Crippen molar-refractivity contribution in [3.05, 3.63) is 71.1 Å². The van der Waals surface area contributed by atoms with Crippen LogP contribution in [0, 0.1) is 0 Å². The summed E-state index contributed by atoms with van der Waals surface area (Å²) in [6.07, 6.45) is 3.63. The van der Waals surface area contributed by atoms with Gasteiger partial charge in [0.2, 0.25) is 0 Å². The fourth-order valence-electron chi connectivity index (χ4n) is 3.61. The standard InChI is InChI=1S/C21H24N4O2/c1-14(2)19-10-17(24-27-19)21(26)25-11-16(20-18(12-25)22-13-23-20)9-8-15-6-4-3-5-7-15/h3-7,10,13-14,16H,8-9,11-12H2,1-2H3,(H,22,23). The zero-order chi connectivity index (χ0) is 18.8. The van der Waals surface area contributed by atoms with Gasteiger partial charge in [-0.15, -0.1) is 0 Å². The Labute approximate surface area is 158 Å². The summed E-state index contributed by atoms with van der Waals surface area (Å²) >= 11 is 0. The van der Waals surface area contributed by atoms with Crippen molar-refractivity contribution >= 4 is 5.91 Å². The number of hydrogen-bond donors (Lipinski definition) is 1. The average Bonchev–Trinajstić information content (AvgIpc) is 3.35. The molecule has 0 saturated heterocycles. The van der Waals surface area contributed by atoms with Crippen molar-refractivity contribution in [3.63, 3.8) is 0 Å². The third kappa shape index (κ3) is 3.65. The lowest BCUT2D eigenvalue weighted by Crippen LogP contribution is -2.38. The molecule has 2 aromatic heterocycles. The van der Waals surface area contributed by atoms with E-state index in [-0.39, 0.29) is 17.7 Å². The molecule has 1 aliphatic rings. The quantitative estimate of drug-likeness (QED) is 0.745. The number of aryl methyl sites for hydroxylation is 1. The molecule has 0 aliphatic carbocycles. The number of carbonyl (C=O) groups excluding carboxylic acids is 1. The molecule has 1 aliphatic heterocycles. The minimum Gasteiger partial charge on any atom is -0.360 e. The van der Waals surface area contributed by atoms with Gasteiger partial charge < -0.3 is 14.4 Å². The van der Waals surface area contributed by atoms with Gasteiger partial charge >= 0.3 is 0 Å². The highest BCUT2D eigenvalue weighted by Gasteiger charge is 2.31. The third-order valence-corrected chi connectivity index (χ3v) is 5.16. The summed E-state index contributed by atoms with van der Waals surface area (Å²) in [4.78, 5) is 22.5. The second kappa shape index (κ2) is 7.39. The fraction of sp³-hybridized carbons (Fsp3) is 0.381. The zero-order valence-electron chi connectivity index (χ0n) is 15.7. The lowest BCUT2D eigenvalue weighted by molar-refractivity contribution is 0.0701. The maximum absolute atomic E-state index is 13.0. The van der Waals surface area contributed by atoms with E-state index in [1.807, 2.05) is 24.8 Å². The molecule has 6 heteroatoms. The lowest BCUT2D eigenvalue weighted by atomic mass is 9.91. The number of nitrogens with one attached hydrogen (secondary N) is 1. The first-order valence-electron chi connectivity index (χ1n) is 9.43. The Bertz CT molecular complexity index is 913. The van der Waals surface area contributed by atoms with E-state index in [1.165, 1.54) is 5.56 Å². The van der Waals surface area contributed by atoms with Crippen LogP contribution in [0.1, 0.15) is 65.3 Å². The Morgan fingerprint density at radius 3 is 2.89 bits per heavy atom. The van der Waals surface area contributed by atoms with E-state index in [1.54, 1.807) is 12.4 Å². The molecule has 1 N–H and O–H groups in total. The van der Waals surface area contributed by atoms with Crippen LogP contribution in [0.15, 0.2) is 47.2 Å². The molecular weight excluding hydrogens is 340 g/mol. The molecule has 1 atom stereocenters. The second-order valence-electron chi connectivity index (χ2n) is 7.44. The highest BCUT2D eigenvalue weighted by molar-refractivity contribution is 5.92. The van der Waals surface area contributed by atoms with E-state index < -0.39 is 0 Å². The van der Waals surface area contributed by atoms with Gasteiger partial charge in [0.25, 0.3) is 5.91 Å². The van der Waals surface area contributed by atoms with E-state index in [9.17, 15) is 4.79 Å². The van der Waals surface area contributed by atoms with E-state index in [4.69, 9.17) is 4.52 Å². The Morgan fingerprint density at radius 1 is 1.33 bits per heavy atom. The summed E-state index contributed by atoms with van der Waals surface area (Å²) in [5.41, 5.74) is 3.78. The van der Waals surface area contributed by atoms with Crippen LogP contribution in [0.4, 0.5) is 0 Å². The number of fused-ring (bicyclic) bond motifs is 1. The number of benzene rings is 1. The Hall–Kier alpha value is -2.89. The van der Waals surface area contributed by atoms with Gasteiger partial charge in [0.1, 0.15) is 5.76 Å². The van der Waals surface area contributed by atoms with Crippen LogP contribution in [0.25, 0.3) is 0 Å². The Morgan fingerprint density at radius 2 is 2.15 bits per heavy atom. The Balaban J connectivity index is 1.51. The summed E-state index contributed by atoms with van der Waals surface area (Å²) in [5.74, 6) is 1.06. The number of nitrogens with zero attached hydrogens (tertiary/aromatic N) is 3. The van der Waals surface area contributed by atoms with Crippen LogP contribution in [0.3, 0.4) is 0 Å². The zero-order valence-corrected chi connectivity index (χ0v) is 15.7. The molecule has 140 valence electrons. The number of carbonyl (C=O) groups is 1. The van der Waals surface area contributed by atoms with Crippen LogP contribution < -0.4 is 0 Å². The number of aromatic nitrogens is 3. The monoisotopic (exact) mass is 364 g/mol. The van der Waals surface area contributed by atoms with Gasteiger partial charge in [-0.05, 0) is 18.4 Å². The molecule has 0 bridgehead atoms. The maximum atomic E-state index is 13.0. The smallest absolute Gasteiger partial charge is 0.276 e. The normalized spacial score (nSPS) is 16.6.